The predicted molar refractivity (Wildman–Crippen MR) is 83.1 cm³/mol. The highest BCUT2D eigenvalue weighted by atomic mass is 35.5. The average Bonchev–Trinajstić information content (AvgIpc) is 2.62. The highest BCUT2D eigenvalue weighted by Gasteiger charge is 2.66. The molecule has 1 saturated carbocycles. The fourth-order valence-corrected chi connectivity index (χ4v) is 3.72. The van der Waals surface area contributed by atoms with Crippen molar-refractivity contribution < 1.29 is 14.7 Å². The highest BCUT2D eigenvalue weighted by molar-refractivity contribution is 6.30. The van der Waals surface area contributed by atoms with E-state index in [1.807, 2.05) is 0 Å². The molecule has 1 spiro atoms. The van der Waals surface area contributed by atoms with Crippen LogP contribution in [0.3, 0.4) is 0 Å². The van der Waals surface area contributed by atoms with Gasteiger partial charge in [0.2, 0.25) is 11.5 Å². The smallest absolute Gasteiger partial charge is 0.310 e. The summed E-state index contributed by atoms with van der Waals surface area (Å²) in [7, 11) is 0. The molecule has 0 aromatic heterocycles. The number of rotatable bonds is 1. The van der Waals surface area contributed by atoms with Crippen LogP contribution < -0.4 is 0 Å². The lowest BCUT2D eigenvalue weighted by Gasteiger charge is -2.36. The first kappa shape index (κ1) is 15.5. The normalized spacial score (nSPS) is 28.6. The van der Waals surface area contributed by atoms with Crippen molar-refractivity contribution in [3.63, 3.8) is 0 Å². The second kappa shape index (κ2) is 5.05. The van der Waals surface area contributed by atoms with E-state index in [1.165, 1.54) is 0 Å². The van der Waals surface area contributed by atoms with E-state index in [0.717, 1.165) is 22.6 Å². The maximum absolute atomic E-state index is 13.0. The van der Waals surface area contributed by atoms with Gasteiger partial charge in [-0.05, 0) is 51.0 Å². The van der Waals surface area contributed by atoms with Gasteiger partial charge in [0, 0.05) is 23.4 Å². The quantitative estimate of drug-likeness (QED) is 0.637. The number of benzene rings is 1. The van der Waals surface area contributed by atoms with Gasteiger partial charge >= 0.3 is 5.66 Å². The van der Waals surface area contributed by atoms with E-state index in [2.05, 4.69) is 0 Å². The Morgan fingerprint density at radius 2 is 1.91 bits per heavy atom. The summed E-state index contributed by atoms with van der Waals surface area (Å²) in [6, 6.07) is 6.88. The van der Waals surface area contributed by atoms with Crippen LogP contribution in [0.25, 0.3) is 0 Å². The van der Waals surface area contributed by atoms with Gasteiger partial charge in [0.1, 0.15) is 5.54 Å². The standard InChI is InChI=1S/C16H19ClN2O3/c1-15(2)14(11-6-8-12(17)9-7-11)18(21)16(19(15)22)10-4-3-5-13(16)20/h6-9,22H,3-5,10H2,1-2H3. The molecule has 1 aromatic carbocycles. The maximum atomic E-state index is 13.0. The van der Waals surface area contributed by atoms with Crippen molar-refractivity contribution in [2.75, 3.05) is 0 Å². The Morgan fingerprint density at radius 1 is 1.27 bits per heavy atom. The average molecular weight is 323 g/mol. The molecule has 1 heterocycles. The lowest BCUT2D eigenvalue weighted by Crippen LogP contribution is -2.60. The summed E-state index contributed by atoms with van der Waals surface area (Å²) in [5, 5.41) is 25.2. The van der Waals surface area contributed by atoms with Crippen molar-refractivity contribution in [1.29, 1.82) is 0 Å². The van der Waals surface area contributed by atoms with E-state index in [-0.39, 0.29) is 5.78 Å². The molecule has 1 aliphatic carbocycles. The minimum Gasteiger partial charge on any atom is -0.622 e. The van der Waals surface area contributed by atoms with Crippen LogP contribution in [-0.4, -0.2) is 37.7 Å². The zero-order valence-corrected chi connectivity index (χ0v) is 13.4. The molecule has 1 aromatic rings. The molecule has 1 fully saturated rings. The highest BCUT2D eigenvalue weighted by Crippen LogP contribution is 2.41. The molecular formula is C16H19ClN2O3. The van der Waals surface area contributed by atoms with E-state index in [0.29, 0.717) is 29.1 Å². The largest absolute Gasteiger partial charge is 0.622 e. The zero-order valence-electron chi connectivity index (χ0n) is 12.7. The SMILES string of the molecule is CC1(C)C(c2ccc(Cl)cc2)=[N+]([O-])C2(CCCCC2=O)N1O. The van der Waals surface area contributed by atoms with Gasteiger partial charge in [-0.1, -0.05) is 11.6 Å². The Bertz CT molecular complexity index is 654. The van der Waals surface area contributed by atoms with Crippen LogP contribution in [-0.2, 0) is 4.79 Å². The number of ketones is 1. The Morgan fingerprint density at radius 3 is 2.50 bits per heavy atom. The number of halogens is 1. The zero-order chi connectivity index (χ0) is 16.1. The lowest BCUT2D eigenvalue weighted by atomic mass is 9.86. The predicted octanol–water partition coefficient (Wildman–Crippen LogP) is 2.96. The number of hydrogen-bond acceptors (Lipinski definition) is 4. The minimum absolute atomic E-state index is 0.215. The fraction of sp³-hybridized carbons (Fsp3) is 0.500. The van der Waals surface area contributed by atoms with Gasteiger partial charge in [-0.2, -0.15) is 4.74 Å². The van der Waals surface area contributed by atoms with E-state index in [4.69, 9.17) is 11.6 Å². The summed E-state index contributed by atoms with van der Waals surface area (Å²) in [5.74, 6) is -0.215. The van der Waals surface area contributed by atoms with E-state index >= 15 is 0 Å². The molecule has 118 valence electrons. The summed E-state index contributed by atoms with van der Waals surface area (Å²) in [5.41, 5.74) is -1.39. The van der Waals surface area contributed by atoms with Gasteiger partial charge in [-0.25, -0.2) is 0 Å². The molecule has 1 unspecified atom stereocenters. The molecule has 5 nitrogen and oxygen atoms in total. The molecule has 1 aliphatic heterocycles. The molecule has 0 bridgehead atoms. The van der Waals surface area contributed by atoms with Gasteiger partial charge in [0.25, 0.3) is 0 Å². The number of hydrogen-bond donors (Lipinski definition) is 1. The Kier molecular flexibility index (Phi) is 3.55. The third kappa shape index (κ3) is 1.93. The molecule has 3 rings (SSSR count). The Hall–Kier alpha value is -1.43. The molecular weight excluding hydrogens is 304 g/mol. The van der Waals surface area contributed by atoms with Crippen LogP contribution in [0.5, 0.6) is 0 Å². The van der Waals surface area contributed by atoms with Gasteiger partial charge in [-0.15, -0.1) is 5.06 Å². The third-order valence-electron chi connectivity index (χ3n) is 4.74. The first-order chi connectivity index (χ1) is 10.3. The Labute approximate surface area is 134 Å². The topological polar surface area (TPSA) is 66.6 Å². The molecule has 6 heteroatoms. The van der Waals surface area contributed by atoms with Gasteiger partial charge in [0.15, 0.2) is 0 Å². The Balaban J connectivity index is 2.20. The molecule has 0 saturated heterocycles. The summed E-state index contributed by atoms with van der Waals surface area (Å²) in [4.78, 5) is 12.5. The number of nitrogens with zero attached hydrogens (tertiary/aromatic N) is 2. The summed E-state index contributed by atoms with van der Waals surface area (Å²) in [6.07, 6.45) is 2.16. The van der Waals surface area contributed by atoms with Crippen molar-refractivity contribution in [3.05, 3.63) is 40.1 Å². The first-order valence-corrected chi connectivity index (χ1v) is 7.83. The van der Waals surface area contributed by atoms with Gasteiger partial charge < -0.3 is 10.4 Å². The number of Topliss-reactive ketones (excluding diaryl/α,β-unsaturated/α-hetero) is 1. The first-order valence-electron chi connectivity index (χ1n) is 7.45. The van der Waals surface area contributed by atoms with Crippen molar-refractivity contribution in [2.45, 2.75) is 50.7 Å². The van der Waals surface area contributed by atoms with Gasteiger partial charge in [-0.3, -0.25) is 4.79 Å². The summed E-state index contributed by atoms with van der Waals surface area (Å²) in [6.45, 7) is 3.50. The van der Waals surface area contributed by atoms with E-state index < -0.39 is 11.2 Å². The second-order valence-corrected chi connectivity index (χ2v) is 6.90. The lowest BCUT2D eigenvalue weighted by molar-refractivity contribution is -0.573. The maximum Gasteiger partial charge on any atom is 0.310 e. The van der Waals surface area contributed by atoms with Crippen molar-refractivity contribution in [1.82, 2.24) is 5.06 Å². The van der Waals surface area contributed by atoms with Crippen LogP contribution in [0.4, 0.5) is 0 Å². The van der Waals surface area contributed by atoms with Crippen LogP contribution in [0.15, 0.2) is 24.3 Å². The number of carbonyl (C=O) groups is 1. The van der Waals surface area contributed by atoms with Crippen molar-refractivity contribution >= 4 is 23.1 Å². The molecule has 22 heavy (non-hydrogen) atoms. The van der Waals surface area contributed by atoms with Crippen LogP contribution in [0, 0.1) is 5.21 Å². The molecule has 1 atom stereocenters. The molecule has 0 amide bonds. The van der Waals surface area contributed by atoms with Crippen molar-refractivity contribution in [3.8, 4) is 0 Å². The number of carbonyl (C=O) groups excluding carboxylic acids is 1. The minimum atomic E-state index is -1.49. The van der Waals surface area contributed by atoms with E-state index in [1.54, 1.807) is 38.1 Å². The molecule has 0 radical (unpaired) electrons. The van der Waals surface area contributed by atoms with Crippen molar-refractivity contribution in [2.24, 2.45) is 0 Å². The summed E-state index contributed by atoms with van der Waals surface area (Å²) >= 11 is 5.90. The van der Waals surface area contributed by atoms with Crippen LogP contribution in [0.2, 0.25) is 5.02 Å². The van der Waals surface area contributed by atoms with E-state index in [9.17, 15) is 15.2 Å². The monoisotopic (exact) mass is 322 g/mol. The van der Waals surface area contributed by atoms with Crippen LogP contribution in [0.1, 0.15) is 45.1 Å². The number of hydroxylamine groups is 3. The fourth-order valence-electron chi connectivity index (χ4n) is 3.60. The molecule has 1 N–H and O–H groups in total. The molecule has 2 aliphatic rings. The third-order valence-corrected chi connectivity index (χ3v) is 4.99. The van der Waals surface area contributed by atoms with Crippen LogP contribution >= 0.6 is 11.6 Å². The second-order valence-electron chi connectivity index (χ2n) is 6.47. The van der Waals surface area contributed by atoms with Gasteiger partial charge in [0.05, 0.1) is 0 Å². The summed E-state index contributed by atoms with van der Waals surface area (Å²) < 4.78 is 0.720.